The summed E-state index contributed by atoms with van der Waals surface area (Å²) in [5.41, 5.74) is 5.52. The number of hydrogen-bond acceptors (Lipinski definition) is 4. The van der Waals surface area contributed by atoms with Gasteiger partial charge in [0.1, 0.15) is 5.60 Å². The molecule has 2 aliphatic rings. The van der Waals surface area contributed by atoms with Crippen molar-refractivity contribution in [3.63, 3.8) is 0 Å². The first-order valence-corrected chi connectivity index (χ1v) is 8.33. The molecule has 122 valence electrons. The summed E-state index contributed by atoms with van der Waals surface area (Å²) in [6.07, 6.45) is 4.96. The highest BCUT2D eigenvalue weighted by Crippen LogP contribution is 2.28. The highest BCUT2D eigenvalue weighted by atomic mass is 16.6. The molecule has 1 saturated carbocycles. The van der Waals surface area contributed by atoms with Gasteiger partial charge in [0.2, 0.25) is 0 Å². The molecule has 21 heavy (non-hydrogen) atoms. The molecular weight excluding hydrogens is 266 g/mol. The van der Waals surface area contributed by atoms with Crippen molar-refractivity contribution in [2.75, 3.05) is 32.7 Å². The predicted molar refractivity (Wildman–Crippen MR) is 84.2 cm³/mol. The van der Waals surface area contributed by atoms with Crippen molar-refractivity contribution in [3.05, 3.63) is 0 Å². The van der Waals surface area contributed by atoms with Gasteiger partial charge in [-0.15, -0.1) is 0 Å². The zero-order valence-corrected chi connectivity index (χ0v) is 13.8. The number of nitrogens with zero attached hydrogens (tertiary/aromatic N) is 2. The second kappa shape index (κ2) is 6.97. The van der Waals surface area contributed by atoms with E-state index in [-0.39, 0.29) is 6.09 Å². The fourth-order valence-electron chi connectivity index (χ4n) is 3.51. The van der Waals surface area contributed by atoms with Crippen molar-refractivity contribution in [2.24, 2.45) is 11.7 Å². The highest BCUT2D eigenvalue weighted by molar-refractivity contribution is 5.68. The summed E-state index contributed by atoms with van der Waals surface area (Å²) in [6.45, 7) is 9.95. The molecule has 2 N–H and O–H groups in total. The van der Waals surface area contributed by atoms with Crippen molar-refractivity contribution < 1.29 is 9.53 Å². The van der Waals surface area contributed by atoms with Gasteiger partial charge >= 0.3 is 6.09 Å². The van der Waals surface area contributed by atoms with E-state index >= 15 is 0 Å². The van der Waals surface area contributed by atoms with Gasteiger partial charge in [-0.1, -0.05) is 12.8 Å². The van der Waals surface area contributed by atoms with Crippen LogP contribution in [0.1, 0.15) is 46.5 Å². The van der Waals surface area contributed by atoms with Crippen LogP contribution in [0.4, 0.5) is 4.79 Å². The van der Waals surface area contributed by atoms with Gasteiger partial charge in [0.05, 0.1) is 0 Å². The Kier molecular flexibility index (Phi) is 5.49. The Bertz CT molecular complexity index is 346. The summed E-state index contributed by atoms with van der Waals surface area (Å²) in [5.74, 6) is 0.631. The minimum absolute atomic E-state index is 0.179. The second-order valence-electron chi connectivity index (χ2n) is 7.35. The zero-order chi connectivity index (χ0) is 15.5. The lowest BCUT2D eigenvalue weighted by Crippen LogP contribution is -2.55. The topological polar surface area (TPSA) is 58.8 Å². The highest BCUT2D eigenvalue weighted by Gasteiger charge is 2.33. The number of piperazine rings is 1. The average Bonchev–Trinajstić information content (AvgIpc) is 2.45. The first-order chi connectivity index (χ1) is 9.90. The Labute approximate surface area is 128 Å². The van der Waals surface area contributed by atoms with E-state index in [1.54, 1.807) is 0 Å². The molecule has 1 amide bonds. The van der Waals surface area contributed by atoms with Crippen molar-refractivity contribution in [2.45, 2.75) is 58.1 Å². The van der Waals surface area contributed by atoms with Gasteiger partial charge in [-0.3, -0.25) is 4.90 Å². The van der Waals surface area contributed by atoms with E-state index in [1.165, 1.54) is 25.7 Å². The molecular formula is C16H31N3O2. The Morgan fingerprint density at radius 3 is 2.33 bits per heavy atom. The lowest BCUT2D eigenvalue weighted by atomic mass is 9.83. The summed E-state index contributed by atoms with van der Waals surface area (Å²) in [7, 11) is 0. The molecule has 1 aliphatic carbocycles. The Hall–Kier alpha value is -0.810. The van der Waals surface area contributed by atoms with Crippen molar-refractivity contribution >= 4 is 6.09 Å². The molecule has 0 aromatic rings. The normalized spacial score (nSPS) is 28.5. The number of amides is 1. The van der Waals surface area contributed by atoms with Crippen LogP contribution in [0.3, 0.4) is 0 Å². The third-order valence-electron chi connectivity index (χ3n) is 4.61. The third-order valence-corrected chi connectivity index (χ3v) is 4.61. The predicted octanol–water partition coefficient (Wildman–Crippen LogP) is 2.06. The van der Waals surface area contributed by atoms with Crippen LogP contribution in [0, 0.1) is 5.92 Å². The number of nitrogens with two attached hydrogens (primary N) is 1. The summed E-state index contributed by atoms with van der Waals surface area (Å²) in [4.78, 5) is 16.5. The summed E-state index contributed by atoms with van der Waals surface area (Å²) in [6, 6.07) is 0.615. The van der Waals surface area contributed by atoms with Crippen LogP contribution in [-0.4, -0.2) is 60.3 Å². The molecule has 5 nitrogen and oxygen atoms in total. The first-order valence-electron chi connectivity index (χ1n) is 8.33. The summed E-state index contributed by atoms with van der Waals surface area (Å²) >= 11 is 0. The minimum Gasteiger partial charge on any atom is -0.444 e. The molecule has 0 radical (unpaired) electrons. The van der Waals surface area contributed by atoms with Crippen LogP contribution < -0.4 is 5.73 Å². The van der Waals surface area contributed by atoms with Gasteiger partial charge < -0.3 is 15.4 Å². The Morgan fingerprint density at radius 2 is 1.76 bits per heavy atom. The number of carbonyl (C=O) groups is 1. The van der Waals surface area contributed by atoms with E-state index in [1.807, 2.05) is 25.7 Å². The second-order valence-corrected chi connectivity index (χ2v) is 7.35. The maximum absolute atomic E-state index is 12.1. The molecule has 2 rings (SSSR count). The maximum Gasteiger partial charge on any atom is 0.410 e. The van der Waals surface area contributed by atoms with E-state index in [9.17, 15) is 4.79 Å². The van der Waals surface area contributed by atoms with Gasteiger partial charge in [0.15, 0.2) is 0 Å². The third kappa shape index (κ3) is 4.58. The van der Waals surface area contributed by atoms with E-state index in [0.29, 0.717) is 12.0 Å². The quantitative estimate of drug-likeness (QED) is 0.847. The monoisotopic (exact) mass is 297 g/mol. The van der Waals surface area contributed by atoms with Crippen LogP contribution in [0.15, 0.2) is 0 Å². The minimum atomic E-state index is -0.414. The van der Waals surface area contributed by atoms with E-state index in [0.717, 1.165) is 32.7 Å². The van der Waals surface area contributed by atoms with Gasteiger partial charge in [-0.05, 0) is 46.1 Å². The summed E-state index contributed by atoms with van der Waals surface area (Å²) in [5, 5.41) is 0. The SMILES string of the molecule is CC(C)(C)OC(=O)N1CCN(C2CCCCC2CN)CC1. The van der Waals surface area contributed by atoms with Crippen LogP contribution in [0.25, 0.3) is 0 Å². The molecule has 2 fully saturated rings. The molecule has 5 heteroatoms. The van der Waals surface area contributed by atoms with Crippen molar-refractivity contribution in [3.8, 4) is 0 Å². The molecule has 2 unspecified atom stereocenters. The van der Waals surface area contributed by atoms with Crippen molar-refractivity contribution in [1.82, 2.24) is 9.80 Å². The lowest BCUT2D eigenvalue weighted by molar-refractivity contribution is 0.00338. The van der Waals surface area contributed by atoms with E-state index < -0.39 is 5.60 Å². The van der Waals surface area contributed by atoms with Crippen LogP contribution in [0.2, 0.25) is 0 Å². The number of hydrogen-bond donors (Lipinski definition) is 1. The fourth-order valence-corrected chi connectivity index (χ4v) is 3.51. The zero-order valence-electron chi connectivity index (χ0n) is 13.8. The van der Waals surface area contributed by atoms with Crippen LogP contribution in [0.5, 0.6) is 0 Å². The smallest absolute Gasteiger partial charge is 0.410 e. The van der Waals surface area contributed by atoms with Crippen molar-refractivity contribution in [1.29, 1.82) is 0 Å². The molecule has 0 aromatic carbocycles. The number of carbonyl (C=O) groups excluding carboxylic acids is 1. The van der Waals surface area contributed by atoms with Gasteiger partial charge in [0.25, 0.3) is 0 Å². The van der Waals surface area contributed by atoms with Gasteiger partial charge in [0, 0.05) is 32.2 Å². The van der Waals surface area contributed by atoms with Crippen LogP contribution >= 0.6 is 0 Å². The molecule has 0 bridgehead atoms. The first kappa shape index (κ1) is 16.6. The Morgan fingerprint density at radius 1 is 1.14 bits per heavy atom. The molecule has 1 saturated heterocycles. The standard InChI is InChI=1S/C16H31N3O2/c1-16(2,3)21-15(20)19-10-8-18(9-11-19)14-7-5-4-6-13(14)12-17/h13-14H,4-12,17H2,1-3H3. The summed E-state index contributed by atoms with van der Waals surface area (Å²) < 4.78 is 5.45. The Balaban J connectivity index is 1.83. The average molecular weight is 297 g/mol. The van der Waals surface area contributed by atoms with E-state index in [2.05, 4.69) is 4.90 Å². The molecule has 1 aliphatic heterocycles. The lowest BCUT2D eigenvalue weighted by Gasteiger charge is -2.44. The molecule has 1 heterocycles. The fraction of sp³-hybridized carbons (Fsp3) is 0.938. The largest absolute Gasteiger partial charge is 0.444 e. The number of rotatable bonds is 2. The molecule has 0 spiro atoms. The number of ether oxygens (including phenoxy) is 1. The van der Waals surface area contributed by atoms with Gasteiger partial charge in [-0.25, -0.2) is 4.79 Å². The molecule has 0 aromatic heterocycles. The van der Waals surface area contributed by atoms with E-state index in [4.69, 9.17) is 10.5 Å². The molecule has 2 atom stereocenters. The van der Waals surface area contributed by atoms with Gasteiger partial charge in [-0.2, -0.15) is 0 Å². The van der Waals surface area contributed by atoms with Crippen LogP contribution in [-0.2, 0) is 4.74 Å². The maximum atomic E-state index is 12.1.